The molecule has 0 radical (unpaired) electrons. The van der Waals surface area contributed by atoms with E-state index in [2.05, 4.69) is 10.1 Å². The lowest BCUT2D eigenvalue weighted by molar-refractivity contribution is -0.124. The number of amides is 2. The molecule has 1 atom stereocenters. The summed E-state index contributed by atoms with van der Waals surface area (Å²) in [5, 5.41) is 12.6. The third-order valence-electron chi connectivity index (χ3n) is 1.12. The van der Waals surface area contributed by atoms with Crippen LogP contribution in [-0.4, -0.2) is 37.0 Å². The fourth-order valence-corrected chi connectivity index (χ4v) is 0.547. The third kappa shape index (κ3) is 4.51. The van der Waals surface area contributed by atoms with Crippen molar-refractivity contribution in [2.75, 3.05) is 13.8 Å². The summed E-state index contributed by atoms with van der Waals surface area (Å²) >= 11 is 0. The molecule has 0 saturated heterocycles. The van der Waals surface area contributed by atoms with Crippen molar-refractivity contribution >= 4 is 12.0 Å². The van der Waals surface area contributed by atoms with Gasteiger partial charge in [-0.2, -0.15) is 0 Å². The van der Waals surface area contributed by atoms with Crippen LogP contribution in [0.15, 0.2) is 0 Å². The maximum absolute atomic E-state index is 10.9. The summed E-state index contributed by atoms with van der Waals surface area (Å²) in [5.74, 6) is -0.417. The minimum absolute atomic E-state index is 0.0739. The zero-order valence-corrected chi connectivity index (χ0v) is 6.96. The number of ether oxygens (including phenoxy) is 1. The summed E-state index contributed by atoms with van der Waals surface area (Å²) in [6.07, 6.45) is -1.23. The predicted molar refractivity (Wildman–Crippen MR) is 40.6 cm³/mol. The Balaban J connectivity index is 3.69. The van der Waals surface area contributed by atoms with E-state index in [1.165, 1.54) is 14.0 Å². The molecule has 0 aromatic rings. The van der Waals surface area contributed by atoms with E-state index in [4.69, 9.17) is 5.11 Å². The number of rotatable bonds is 4. The van der Waals surface area contributed by atoms with Gasteiger partial charge < -0.3 is 20.5 Å². The van der Waals surface area contributed by atoms with Crippen LogP contribution in [0.2, 0.25) is 0 Å². The summed E-state index contributed by atoms with van der Waals surface area (Å²) in [6, 6.07) is -0.766. The minimum atomic E-state index is -1.23. The molecular formula is C6H12N2O4. The standard InChI is InChI=1S/C6H12N2O4/c1-4(8-6(10)11)5(9)7-3-12-2/h4,8H,3H2,1-2H3,(H,7,9)(H,10,11). The van der Waals surface area contributed by atoms with Crippen molar-refractivity contribution < 1.29 is 19.4 Å². The molecule has 0 saturated carbocycles. The second kappa shape index (κ2) is 5.36. The van der Waals surface area contributed by atoms with Crippen molar-refractivity contribution in [3.8, 4) is 0 Å². The van der Waals surface area contributed by atoms with Gasteiger partial charge in [-0.25, -0.2) is 4.79 Å². The van der Waals surface area contributed by atoms with Gasteiger partial charge in [-0.15, -0.1) is 0 Å². The van der Waals surface area contributed by atoms with Crippen LogP contribution in [-0.2, 0) is 9.53 Å². The highest BCUT2D eigenvalue weighted by molar-refractivity contribution is 5.84. The molecule has 0 heterocycles. The van der Waals surface area contributed by atoms with E-state index >= 15 is 0 Å². The molecule has 0 aromatic carbocycles. The van der Waals surface area contributed by atoms with Crippen molar-refractivity contribution in [1.82, 2.24) is 10.6 Å². The number of hydrogen-bond acceptors (Lipinski definition) is 3. The quantitative estimate of drug-likeness (QED) is 0.497. The third-order valence-corrected chi connectivity index (χ3v) is 1.12. The fraction of sp³-hybridized carbons (Fsp3) is 0.667. The largest absolute Gasteiger partial charge is 0.465 e. The lowest BCUT2D eigenvalue weighted by atomic mass is 10.3. The van der Waals surface area contributed by atoms with E-state index in [-0.39, 0.29) is 6.73 Å². The Hall–Kier alpha value is -1.30. The van der Waals surface area contributed by atoms with Crippen molar-refractivity contribution in [3.63, 3.8) is 0 Å². The van der Waals surface area contributed by atoms with E-state index in [1.807, 2.05) is 5.32 Å². The zero-order chi connectivity index (χ0) is 9.56. The summed E-state index contributed by atoms with van der Waals surface area (Å²) in [4.78, 5) is 21.0. The molecule has 0 aliphatic heterocycles. The lowest BCUT2D eigenvalue weighted by Gasteiger charge is -2.10. The number of carbonyl (C=O) groups is 2. The van der Waals surface area contributed by atoms with Gasteiger partial charge in [0, 0.05) is 7.11 Å². The van der Waals surface area contributed by atoms with Crippen molar-refractivity contribution in [2.45, 2.75) is 13.0 Å². The van der Waals surface area contributed by atoms with Crippen LogP contribution in [0.1, 0.15) is 6.92 Å². The monoisotopic (exact) mass is 176 g/mol. The Morgan fingerprint density at radius 1 is 1.58 bits per heavy atom. The molecule has 2 amide bonds. The molecule has 70 valence electrons. The number of carbonyl (C=O) groups excluding carboxylic acids is 1. The van der Waals surface area contributed by atoms with Gasteiger partial charge in [0.05, 0.1) is 0 Å². The van der Waals surface area contributed by atoms with Gasteiger partial charge in [0.1, 0.15) is 12.8 Å². The van der Waals surface area contributed by atoms with Gasteiger partial charge in [-0.05, 0) is 6.92 Å². The molecule has 12 heavy (non-hydrogen) atoms. The highest BCUT2D eigenvalue weighted by Crippen LogP contribution is 1.80. The summed E-state index contributed by atoms with van der Waals surface area (Å²) in [6.45, 7) is 1.52. The summed E-state index contributed by atoms with van der Waals surface area (Å²) < 4.78 is 4.56. The zero-order valence-electron chi connectivity index (χ0n) is 6.96. The van der Waals surface area contributed by atoms with Crippen LogP contribution in [0.5, 0.6) is 0 Å². The molecule has 0 aliphatic rings. The van der Waals surface area contributed by atoms with Crippen LogP contribution in [0, 0.1) is 0 Å². The molecule has 0 bridgehead atoms. The average Bonchev–Trinajstić information content (AvgIpc) is 1.98. The van der Waals surface area contributed by atoms with Gasteiger partial charge in [0.2, 0.25) is 5.91 Å². The van der Waals surface area contributed by atoms with Gasteiger partial charge in [0.25, 0.3) is 0 Å². The first-order valence-electron chi connectivity index (χ1n) is 3.34. The second-order valence-corrected chi connectivity index (χ2v) is 2.15. The molecule has 0 spiro atoms. The van der Waals surface area contributed by atoms with Crippen LogP contribution < -0.4 is 10.6 Å². The van der Waals surface area contributed by atoms with Gasteiger partial charge in [-0.3, -0.25) is 4.79 Å². The first-order valence-corrected chi connectivity index (χ1v) is 3.34. The van der Waals surface area contributed by atoms with Gasteiger partial charge in [-0.1, -0.05) is 0 Å². The number of nitrogens with one attached hydrogen (secondary N) is 2. The predicted octanol–water partition coefficient (Wildman–Crippen LogP) is -0.637. The first-order chi connectivity index (χ1) is 5.57. The van der Waals surface area contributed by atoms with Gasteiger partial charge >= 0.3 is 6.09 Å². The maximum atomic E-state index is 10.9. The molecule has 1 unspecified atom stereocenters. The van der Waals surface area contributed by atoms with Crippen LogP contribution in [0.4, 0.5) is 4.79 Å². The Morgan fingerprint density at radius 3 is 2.58 bits per heavy atom. The SMILES string of the molecule is COCNC(=O)C(C)NC(=O)O. The van der Waals surface area contributed by atoms with E-state index in [1.54, 1.807) is 0 Å². The number of carboxylic acid groups (broad SMARTS) is 1. The van der Waals surface area contributed by atoms with Crippen molar-refractivity contribution in [3.05, 3.63) is 0 Å². The smallest absolute Gasteiger partial charge is 0.405 e. The summed E-state index contributed by atoms with van der Waals surface area (Å²) in [7, 11) is 1.43. The maximum Gasteiger partial charge on any atom is 0.405 e. The Morgan fingerprint density at radius 2 is 2.17 bits per heavy atom. The minimum Gasteiger partial charge on any atom is -0.465 e. The molecular weight excluding hydrogens is 164 g/mol. The lowest BCUT2D eigenvalue weighted by Crippen LogP contribution is -2.44. The molecule has 0 fully saturated rings. The van der Waals surface area contributed by atoms with E-state index in [9.17, 15) is 9.59 Å². The van der Waals surface area contributed by atoms with Crippen LogP contribution in [0.25, 0.3) is 0 Å². The highest BCUT2D eigenvalue weighted by atomic mass is 16.5. The molecule has 6 heteroatoms. The normalized spacial score (nSPS) is 11.8. The molecule has 0 rings (SSSR count). The number of methoxy groups -OCH3 is 1. The van der Waals surface area contributed by atoms with Crippen LogP contribution in [0.3, 0.4) is 0 Å². The molecule has 0 aromatic heterocycles. The van der Waals surface area contributed by atoms with Crippen molar-refractivity contribution in [2.24, 2.45) is 0 Å². The van der Waals surface area contributed by atoms with E-state index < -0.39 is 18.0 Å². The highest BCUT2D eigenvalue weighted by Gasteiger charge is 2.13. The van der Waals surface area contributed by atoms with Crippen LogP contribution >= 0.6 is 0 Å². The topological polar surface area (TPSA) is 87.7 Å². The van der Waals surface area contributed by atoms with E-state index in [0.717, 1.165) is 0 Å². The molecule has 3 N–H and O–H groups in total. The van der Waals surface area contributed by atoms with E-state index in [0.29, 0.717) is 0 Å². The molecule has 6 nitrogen and oxygen atoms in total. The Bertz CT molecular complexity index is 171. The average molecular weight is 176 g/mol. The Labute approximate surface area is 69.9 Å². The van der Waals surface area contributed by atoms with Gasteiger partial charge in [0.15, 0.2) is 0 Å². The molecule has 0 aliphatic carbocycles. The first kappa shape index (κ1) is 10.7. The number of hydrogen-bond donors (Lipinski definition) is 3. The second-order valence-electron chi connectivity index (χ2n) is 2.15. The Kier molecular flexibility index (Phi) is 4.78. The van der Waals surface area contributed by atoms with Crippen molar-refractivity contribution in [1.29, 1.82) is 0 Å². The fourth-order valence-electron chi connectivity index (χ4n) is 0.547. The summed E-state index contributed by atoms with van der Waals surface area (Å²) in [5.41, 5.74) is 0.